The monoisotopic (exact) mass is 184 g/mol. The molecule has 0 bridgehead atoms. The normalized spacial score (nSPS) is 46.5. The van der Waals surface area contributed by atoms with E-state index in [0.717, 1.165) is 19.3 Å². The predicted octanol–water partition coefficient (Wildman–Crippen LogP) is 0.248. The first-order valence-corrected chi connectivity index (χ1v) is 4.80. The van der Waals surface area contributed by atoms with Crippen molar-refractivity contribution in [2.75, 3.05) is 6.61 Å². The van der Waals surface area contributed by atoms with E-state index in [2.05, 4.69) is 0 Å². The molecule has 0 aromatic rings. The van der Waals surface area contributed by atoms with Gasteiger partial charge >= 0.3 is 5.97 Å². The van der Waals surface area contributed by atoms with Crippen LogP contribution in [-0.2, 0) is 19.0 Å². The minimum Gasteiger partial charge on any atom is -0.460 e. The lowest BCUT2D eigenvalue weighted by Crippen LogP contribution is -2.26. The average Bonchev–Trinajstić information content (AvgIpc) is 2.99. The Labute approximate surface area is 76.1 Å². The zero-order valence-corrected chi connectivity index (χ0v) is 7.27. The molecule has 72 valence electrons. The summed E-state index contributed by atoms with van der Waals surface area (Å²) in [5, 5.41) is 0. The first kappa shape index (κ1) is 7.76. The van der Waals surface area contributed by atoms with Gasteiger partial charge in [0.15, 0.2) is 6.10 Å². The van der Waals surface area contributed by atoms with Crippen LogP contribution < -0.4 is 0 Å². The van der Waals surface area contributed by atoms with Crippen molar-refractivity contribution < 1.29 is 19.0 Å². The standard InChI is InChI=1S/C9H12O4/c10-9(8-4-11-8)12-5-1-2-6-7(3-5)13-6/h5-8H,1-4H2. The fraction of sp³-hybridized carbons (Fsp3) is 0.889. The summed E-state index contributed by atoms with van der Waals surface area (Å²) in [6.07, 6.45) is 3.49. The van der Waals surface area contributed by atoms with Crippen molar-refractivity contribution in [3.05, 3.63) is 0 Å². The molecule has 0 amide bonds. The van der Waals surface area contributed by atoms with E-state index in [4.69, 9.17) is 14.2 Å². The van der Waals surface area contributed by atoms with Crippen molar-refractivity contribution in [3.8, 4) is 0 Å². The largest absolute Gasteiger partial charge is 0.460 e. The quantitative estimate of drug-likeness (QED) is 0.456. The third-order valence-electron chi connectivity index (χ3n) is 2.84. The van der Waals surface area contributed by atoms with Crippen molar-refractivity contribution >= 4 is 5.97 Å². The smallest absolute Gasteiger partial charge is 0.337 e. The number of ether oxygens (including phenoxy) is 3. The van der Waals surface area contributed by atoms with Gasteiger partial charge in [-0.25, -0.2) is 4.79 Å². The van der Waals surface area contributed by atoms with Gasteiger partial charge in [-0.1, -0.05) is 0 Å². The number of hydrogen-bond donors (Lipinski definition) is 0. The van der Waals surface area contributed by atoms with Crippen LogP contribution in [0.15, 0.2) is 0 Å². The fourth-order valence-corrected chi connectivity index (χ4v) is 1.90. The summed E-state index contributed by atoms with van der Waals surface area (Å²) in [6.45, 7) is 0.536. The Morgan fingerprint density at radius 1 is 1.31 bits per heavy atom. The van der Waals surface area contributed by atoms with Crippen molar-refractivity contribution in [2.24, 2.45) is 0 Å². The molecule has 0 radical (unpaired) electrons. The van der Waals surface area contributed by atoms with Gasteiger partial charge in [0.25, 0.3) is 0 Å². The molecule has 3 aliphatic rings. The lowest BCUT2D eigenvalue weighted by molar-refractivity contribution is -0.151. The second-order valence-electron chi connectivity index (χ2n) is 3.91. The SMILES string of the molecule is O=C(OC1CCC2OC2C1)C1CO1. The number of carbonyl (C=O) groups is 1. The van der Waals surface area contributed by atoms with E-state index < -0.39 is 0 Å². The zero-order chi connectivity index (χ0) is 8.84. The van der Waals surface area contributed by atoms with E-state index in [0.29, 0.717) is 18.8 Å². The van der Waals surface area contributed by atoms with Crippen LogP contribution in [0.4, 0.5) is 0 Å². The lowest BCUT2D eigenvalue weighted by atomic mass is 9.98. The molecule has 0 aromatic carbocycles. The lowest BCUT2D eigenvalue weighted by Gasteiger charge is -2.18. The highest BCUT2D eigenvalue weighted by atomic mass is 16.6. The summed E-state index contributed by atoms with van der Waals surface area (Å²) in [4.78, 5) is 11.2. The predicted molar refractivity (Wildman–Crippen MR) is 42.1 cm³/mol. The molecule has 3 rings (SSSR count). The maximum Gasteiger partial charge on any atom is 0.337 e. The molecule has 13 heavy (non-hydrogen) atoms. The van der Waals surface area contributed by atoms with E-state index >= 15 is 0 Å². The molecule has 1 aliphatic carbocycles. The Kier molecular flexibility index (Phi) is 1.60. The Hall–Kier alpha value is -0.610. The molecule has 4 heteroatoms. The Bertz CT molecular complexity index is 236. The molecule has 2 saturated heterocycles. The molecular formula is C9H12O4. The highest BCUT2D eigenvalue weighted by Gasteiger charge is 2.46. The minimum absolute atomic E-state index is 0.0699. The van der Waals surface area contributed by atoms with E-state index in [1.807, 2.05) is 0 Å². The van der Waals surface area contributed by atoms with E-state index in [-0.39, 0.29) is 18.2 Å². The maximum atomic E-state index is 11.2. The van der Waals surface area contributed by atoms with Gasteiger partial charge in [0, 0.05) is 6.42 Å². The minimum atomic E-state index is -0.266. The second-order valence-corrected chi connectivity index (χ2v) is 3.91. The number of rotatable bonds is 2. The van der Waals surface area contributed by atoms with Gasteiger partial charge in [-0.3, -0.25) is 0 Å². The third-order valence-corrected chi connectivity index (χ3v) is 2.84. The van der Waals surface area contributed by atoms with Gasteiger partial charge in [-0.2, -0.15) is 0 Å². The fourth-order valence-electron chi connectivity index (χ4n) is 1.90. The van der Waals surface area contributed by atoms with Crippen LogP contribution >= 0.6 is 0 Å². The van der Waals surface area contributed by atoms with Crippen LogP contribution in [0.2, 0.25) is 0 Å². The van der Waals surface area contributed by atoms with Crippen LogP contribution in [0.3, 0.4) is 0 Å². The number of fused-ring (bicyclic) bond motifs is 1. The van der Waals surface area contributed by atoms with Gasteiger partial charge in [0.05, 0.1) is 18.8 Å². The number of carbonyl (C=O) groups excluding carboxylic acids is 1. The summed E-state index contributed by atoms with van der Waals surface area (Å²) in [5.74, 6) is -0.191. The number of hydrogen-bond acceptors (Lipinski definition) is 4. The molecule has 2 heterocycles. The molecule has 0 aromatic heterocycles. The van der Waals surface area contributed by atoms with Gasteiger partial charge in [-0.15, -0.1) is 0 Å². The van der Waals surface area contributed by atoms with Crippen LogP contribution in [0.25, 0.3) is 0 Å². The molecular weight excluding hydrogens is 172 g/mol. The molecule has 1 saturated carbocycles. The van der Waals surface area contributed by atoms with Crippen LogP contribution in [0.1, 0.15) is 19.3 Å². The van der Waals surface area contributed by atoms with E-state index in [1.165, 1.54) is 0 Å². The van der Waals surface area contributed by atoms with Crippen molar-refractivity contribution in [2.45, 2.75) is 43.7 Å². The van der Waals surface area contributed by atoms with Crippen molar-refractivity contribution in [1.29, 1.82) is 0 Å². The first-order chi connectivity index (χ1) is 6.33. The zero-order valence-electron chi connectivity index (χ0n) is 7.27. The molecule has 2 aliphatic heterocycles. The molecule has 0 spiro atoms. The molecule has 4 atom stereocenters. The Balaban J connectivity index is 1.51. The molecule has 4 unspecified atom stereocenters. The van der Waals surface area contributed by atoms with Crippen molar-refractivity contribution in [3.63, 3.8) is 0 Å². The summed E-state index contributed by atoms with van der Waals surface area (Å²) < 4.78 is 15.5. The number of epoxide rings is 2. The van der Waals surface area contributed by atoms with E-state index in [1.54, 1.807) is 0 Å². The molecule has 4 nitrogen and oxygen atoms in total. The number of esters is 1. The molecule has 3 fully saturated rings. The van der Waals surface area contributed by atoms with Gasteiger partial charge in [0.1, 0.15) is 6.10 Å². The van der Waals surface area contributed by atoms with Gasteiger partial charge < -0.3 is 14.2 Å². The summed E-state index contributed by atoms with van der Waals surface area (Å²) in [5.41, 5.74) is 0. The maximum absolute atomic E-state index is 11.2. The highest BCUT2D eigenvalue weighted by Crippen LogP contribution is 2.37. The van der Waals surface area contributed by atoms with E-state index in [9.17, 15) is 4.79 Å². The Morgan fingerprint density at radius 3 is 2.85 bits per heavy atom. The van der Waals surface area contributed by atoms with Crippen LogP contribution in [-0.4, -0.2) is 37.0 Å². The van der Waals surface area contributed by atoms with Crippen molar-refractivity contribution in [1.82, 2.24) is 0 Å². The molecule has 0 N–H and O–H groups in total. The van der Waals surface area contributed by atoms with Gasteiger partial charge in [-0.05, 0) is 12.8 Å². The Morgan fingerprint density at radius 2 is 2.15 bits per heavy atom. The summed E-state index contributed by atoms with van der Waals surface area (Å²) in [7, 11) is 0. The first-order valence-electron chi connectivity index (χ1n) is 4.80. The van der Waals surface area contributed by atoms with Crippen LogP contribution in [0, 0.1) is 0 Å². The highest BCUT2D eigenvalue weighted by molar-refractivity contribution is 5.77. The summed E-state index contributed by atoms with van der Waals surface area (Å²) in [6, 6.07) is 0. The second kappa shape index (κ2) is 2.69. The van der Waals surface area contributed by atoms with Gasteiger partial charge in [0.2, 0.25) is 0 Å². The third kappa shape index (κ3) is 1.56. The van der Waals surface area contributed by atoms with Crippen LogP contribution in [0.5, 0.6) is 0 Å². The summed E-state index contributed by atoms with van der Waals surface area (Å²) >= 11 is 0. The average molecular weight is 184 g/mol. The topological polar surface area (TPSA) is 51.4 Å².